The summed E-state index contributed by atoms with van der Waals surface area (Å²) in [7, 11) is 2.71. The number of benzene rings is 2. The topological polar surface area (TPSA) is 117 Å². The highest BCUT2D eigenvalue weighted by molar-refractivity contribution is 6.16. The molecule has 0 spiro atoms. The number of ether oxygens (including phenoxy) is 2. The Hall–Kier alpha value is -4.08. The van der Waals surface area contributed by atoms with Crippen molar-refractivity contribution in [3.05, 3.63) is 53.5 Å². The number of urea groups is 1. The van der Waals surface area contributed by atoms with Crippen LogP contribution in [-0.4, -0.2) is 48.6 Å². The van der Waals surface area contributed by atoms with Gasteiger partial charge in [-0.2, -0.15) is 0 Å². The first kappa shape index (κ1) is 20.6. The van der Waals surface area contributed by atoms with E-state index in [1.165, 1.54) is 56.7 Å². The highest BCUT2D eigenvalue weighted by Crippen LogP contribution is 2.37. The van der Waals surface area contributed by atoms with Crippen LogP contribution in [-0.2, 0) is 9.59 Å². The molecule has 1 heterocycles. The van der Waals surface area contributed by atoms with Crippen LogP contribution in [0, 0.1) is 5.82 Å². The molecular formula is C20H18FN3O6. The summed E-state index contributed by atoms with van der Waals surface area (Å²) in [5.41, 5.74) is 0.680. The lowest BCUT2D eigenvalue weighted by Gasteiger charge is -2.12. The number of rotatable bonds is 6. The number of phenols is 1. The number of imide groups is 1. The molecule has 0 radical (unpaired) electrons. The summed E-state index contributed by atoms with van der Waals surface area (Å²) < 4.78 is 23.1. The third-order valence-corrected chi connectivity index (χ3v) is 4.21. The predicted molar refractivity (Wildman–Crippen MR) is 104 cm³/mol. The number of phenolic OH excluding ortho intramolecular Hbond substituents is 1. The number of hydrogen-bond acceptors (Lipinski definition) is 6. The standard InChI is InChI=1S/C20H18FN3O6/c1-29-15-8-11(9-16(30-2)18(15)26)7-14-19(27)24(20(28)23-14)10-17(25)22-13-5-3-12(21)4-6-13/h3-9,26H,10H2,1-2H3,(H,22,25)(H,23,28)/b14-7-. The molecule has 0 atom stereocenters. The SMILES string of the molecule is COc1cc(/C=C2\NC(=O)N(CC(=O)Nc3ccc(F)cc3)C2=O)cc(OC)c1O. The van der Waals surface area contributed by atoms with Gasteiger partial charge in [-0.05, 0) is 48.0 Å². The maximum atomic E-state index is 12.9. The molecule has 0 unspecified atom stereocenters. The van der Waals surface area contributed by atoms with Gasteiger partial charge in [-0.25, -0.2) is 14.1 Å². The lowest BCUT2D eigenvalue weighted by atomic mass is 10.1. The number of carbonyl (C=O) groups is 3. The Bertz CT molecular complexity index is 1010. The molecule has 9 nitrogen and oxygen atoms in total. The van der Waals surface area contributed by atoms with Gasteiger partial charge in [0, 0.05) is 5.69 Å². The number of amides is 4. The second-order valence-electron chi connectivity index (χ2n) is 6.21. The van der Waals surface area contributed by atoms with Crippen molar-refractivity contribution in [3.8, 4) is 17.2 Å². The van der Waals surface area contributed by atoms with Crippen molar-refractivity contribution < 1.29 is 33.4 Å². The van der Waals surface area contributed by atoms with Crippen molar-refractivity contribution in [2.45, 2.75) is 0 Å². The zero-order valence-electron chi connectivity index (χ0n) is 16.1. The second-order valence-corrected chi connectivity index (χ2v) is 6.21. The molecule has 0 aromatic heterocycles. The van der Waals surface area contributed by atoms with Crippen LogP contribution in [0.2, 0.25) is 0 Å². The van der Waals surface area contributed by atoms with Crippen molar-refractivity contribution >= 4 is 29.6 Å². The van der Waals surface area contributed by atoms with Gasteiger partial charge in [0.15, 0.2) is 11.5 Å². The van der Waals surface area contributed by atoms with E-state index < -0.39 is 30.2 Å². The molecule has 156 valence electrons. The number of nitrogens with zero attached hydrogens (tertiary/aromatic N) is 1. The fraction of sp³-hybridized carbons (Fsp3) is 0.150. The molecule has 3 rings (SSSR count). The summed E-state index contributed by atoms with van der Waals surface area (Å²) in [5.74, 6) is -1.76. The minimum Gasteiger partial charge on any atom is -0.502 e. The Morgan fingerprint density at radius 2 is 1.77 bits per heavy atom. The molecular weight excluding hydrogens is 397 g/mol. The number of methoxy groups -OCH3 is 2. The van der Waals surface area contributed by atoms with E-state index in [0.29, 0.717) is 11.3 Å². The lowest BCUT2D eigenvalue weighted by molar-refractivity contribution is -0.127. The molecule has 30 heavy (non-hydrogen) atoms. The van der Waals surface area contributed by atoms with E-state index in [-0.39, 0.29) is 22.9 Å². The van der Waals surface area contributed by atoms with E-state index in [4.69, 9.17) is 9.47 Å². The zero-order chi connectivity index (χ0) is 21.8. The van der Waals surface area contributed by atoms with Crippen molar-refractivity contribution in [1.29, 1.82) is 0 Å². The Balaban J connectivity index is 1.75. The highest BCUT2D eigenvalue weighted by atomic mass is 19.1. The minimum absolute atomic E-state index is 0.0654. The van der Waals surface area contributed by atoms with E-state index in [9.17, 15) is 23.9 Å². The van der Waals surface area contributed by atoms with E-state index >= 15 is 0 Å². The maximum Gasteiger partial charge on any atom is 0.329 e. The Morgan fingerprint density at radius 3 is 2.33 bits per heavy atom. The van der Waals surface area contributed by atoms with Crippen LogP contribution >= 0.6 is 0 Å². The fourth-order valence-corrected chi connectivity index (χ4v) is 2.76. The quantitative estimate of drug-likeness (QED) is 0.491. The van der Waals surface area contributed by atoms with Crippen LogP contribution in [0.1, 0.15) is 5.56 Å². The van der Waals surface area contributed by atoms with Gasteiger partial charge in [-0.3, -0.25) is 9.59 Å². The number of halogens is 1. The van der Waals surface area contributed by atoms with E-state index in [2.05, 4.69) is 10.6 Å². The Labute approximate surface area is 170 Å². The monoisotopic (exact) mass is 415 g/mol. The van der Waals surface area contributed by atoms with Crippen LogP contribution in [0.5, 0.6) is 17.2 Å². The molecule has 0 bridgehead atoms. The molecule has 4 amide bonds. The van der Waals surface area contributed by atoms with Crippen LogP contribution in [0.15, 0.2) is 42.1 Å². The van der Waals surface area contributed by atoms with E-state index in [1.54, 1.807) is 0 Å². The number of hydrogen-bond donors (Lipinski definition) is 3. The van der Waals surface area contributed by atoms with Gasteiger partial charge < -0.3 is 25.2 Å². The third kappa shape index (κ3) is 4.32. The number of carbonyl (C=O) groups excluding carboxylic acids is 3. The van der Waals surface area contributed by atoms with E-state index in [0.717, 1.165) is 4.90 Å². The number of anilines is 1. The van der Waals surface area contributed by atoms with Gasteiger partial charge in [0.1, 0.15) is 18.1 Å². The normalized spacial score (nSPS) is 14.6. The zero-order valence-corrected chi connectivity index (χ0v) is 16.1. The largest absolute Gasteiger partial charge is 0.502 e. The van der Waals surface area contributed by atoms with Gasteiger partial charge in [-0.15, -0.1) is 0 Å². The average Bonchev–Trinajstić information content (AvgIpc) is 2.98. The minimum atomic E-state index is -0.766. The van der Waals surface area contributed by atoms with Crippen LogP contribution in [0.25, 0.3) is 6.08 Å². The Morgan fingerprint density at radius 1 is 1.17 bits per heavy atom. The first-order valence-corrected chi connectivity index (χ1v) is 8.67. The molecule has 0 aliphatic carbocycles. The maximum absolute atomic E-state index is 12.9. The van der Waals surface area contributed by atoms with Crippen molar-refractivity contribution in [2.75, 3.05) is 26.1 Å². The summed E-state index contributed by atoms with van der Waals surface area (Å²) in [4.78, 5) is 37.6. The Kier molecular flexibility index (Phi) is 5.86. The van der Waals surface area contributed by atoms with E-state index in [1.807, 2.05) is 0 Å². The van der Waals surface area contributed by atoms with Gasteiger partial charge in [-0.1, -0.05) is 0 Å². The first-order valence-electron chi connectivity index (χ1n) is 8.67. The van der Waals surface area contributed by atoms with Crippen LogP contribution < -0.4 is 20.1 Å². The lowest BCUT2D eigenvalue weighted by Crippen LogP contribution is -2.38. The highest BCUT2D eigenvalue weighted by Gasteiger charge is 2.35. The molecule has 1 aliphatic heterocycles. The van der Waals surface area contributed by atoms with Gasteiger partial charge in [0.2, 0.25) is 11.7 Å². The van der Waals surface area contributed by atoms with Gasteiger partial charge in [0.05, 0.1) is 14.2 Å². The number of nitrogens with one attached hydrogen (secondary N) is 2. The number of aromatic hydroxyl groups is 1. The van der Waals surface area contributed by atoms with Crippen LogP contribution in [0.3, 0.4) is 0 Å². The molecule has 2 aromatic rings. The second kappa shape index (κ2) is 8.52. The van der Waals surface area contributed by atoms with Crippen molar-refractivity contribution in [1.82, 2.24) is 10.2 Å². The summed E-state index contributed by atoms with van der Waals surface area (Å²) in [6, 6.07) is 7.20. The van der Waals surface area contributed by atoms with Crippen LogP contribution in [0.4, 0.5) is 14.9 Å². The van der Waals surface area contributed by atoms with Gasteiger partial charge >= 0.3 is 6.03 Å². The predicted octanol–water partition coefficient (Wildman–Crippen LogP) is 2.08. The molecule has 1 aliphatic rings. The van der Waals surface area contributed by atoms with Crippen molar-refractivity contribution in [2.24, 2.45) is 0 Å². The molecule has 2 aromatic carbocycles. The molecule has 10 heteroatoms. The summed E-state index contributed by atoms with van der Waals surface area (Å²) in [6.07, 6.45) is 1.36. The summed E-state index contributed by atoms with van der Waals surface area (Å²) >= 11 is 0. The molecule has 1 saturated heterocycles. The fourth-order valence-electron chi connectivity index (χ4n) is 2.76. The smallest absolute Gasteiger partial charge is 0.329 e. The summed E-state index contributed by atoms with van der Waals surface area (Å²) in [5, 5.41) is 14.8. The third-order valence-electron chi connectivity index (χ3n) is 4.21. The average molecular weight is 415 g/mol. The summed E-state index contributed by atoms with van der Waals surface area (Å²) in [6.45, 7) is -0.526. The van der Waals surface area contributed by atoms with Crippen molar-refractivity contribution in [3.63, 3.8) is 0 Å². The molecule has 3 N–H and O–H groups in total. The van der Waals surface area contributed by atoms with Gasteiger partial charge in [0.25, 0.3) is 5.91 Å². The molecule has 1 fully saturated rings. The molecule has 0 saturated carbocycles. The first-order chi connectivity index (χ1) is 14.3.